The molecule has 0 bridgehead atoms. The van der Waals surface area contributed by atoms with Crippen LogP contribution in [-0.2, 0) is 38.0 Å². The van der Waals surface area contributed by atoms with Crippen LogP contribution in [0.5, 0.6) is 0 Å². The van der Waals surface area contributed by atoms with Crippen LogP contribution < -0.4 is 0 Å². The van der Waals surface area contributed by atoms with Gasteiger partial charge in [-0.15, -0.1) is 0 Å². The highest BCUT2D eigenvalue weighted by Crippen LogP contribution is 2.43. The van der Waals surface area contributed by atoms with E-state index in [2.05, 4.69) is 6.58 Å². The molecular weight excluding hydrogens is 356 g/mol. The summed E-state index contributed by atoms with van der Waals surface area (Å²) in [6.07, 6.45) is 1.89. The van der Waals surface area contributed by atoms with Crippen LogP contribution in [0.1, 0.15) is 46.0 Å². The molecule has 4 rings (SSSR count). The number of esters is 2. The van der Waals surface area contributed by atoms with Crippen LogP contribution in [0, 0.1) is 0 Å². The average molecular weight is 382 g/mol. The topological polar surface area (TPSA) is 89.5 Å². The largest absolute Gasteiger partial charge is 0.454 e. The average Bonchev–Trinajstić information content (AvgIpc) is 3.21. The third kappa shape index (κ3) is 3.76. The molecule has 5 atom stereocenters. The molecule has 0 aromatic heterocycles. The Morgan fingerprint density at radius 3 is 2.63 bits per heavy atom. The first kappa shape index (κ1) is 18.9. The molecule has 0 spiro atoms. The standard InChI is InChI=1S/C19H26O8/c1-10(9-22-11-7-5-4-6-8-11)16(20)24-14-12-13(23-17(14)21)15-18(25-12)27-19(2,3)26-15/h11-15,18H,1,4-9H2,2-3H3. The normalized spacial score (nSPS) is 37.6. The van der Waals surface area contributed by atoms with Crippen LogP contribution >= 0.6 is 0 Å². The Balaban J connectivity index is 1.31. The molecule has 5 unspecified atom stereocenters. The van der Waals surface area contributed by atoms with E-state index < -0.39 is 48.4 Å². The Morgan fingerprint density at radius 2 is 1.89 bits per heavy atom. The third-order valence-electron chi connectivity index (χ3n) is 5.38. The van der Waals surface area contributed by atoms with Gasteiger partial charge in [0.15, 0.2) is 24.3 Å². The van der Waals surface area contributed by atoms with E-state index >= 15 is 0 Å². The van der Waals surface area contributed by atoms with Gasteiger partial charge >= 0.3 is 11.9 Å². The lowest BCUT2D eigenvalue weighted by atomic mass is 9.98. The first-order valence-electron chi connectivity index (χ1n) is 9.56. The number of carbonyl (C=O) groups excluding carboxylic acids is 2. The minimum Gasteiger partial charge on any atom is -0.454 e. The van der Waals surface area contributed by atoms with Crippen molar-refractivity contribution >= 4 is 11.9 Å². The second kappa shape index (κ2) is 7.16. The van der Waals surface area contributed by atoms with Gasteiger partial charge in [0.2, 0.25) is 6.10 Å². The number of rotatable bonds is 5. The molecule has 3 heterocycles. The monoisotopic (exact) mass is 382 g/mol. The number of hydrogen-bond donors (Lipinski definition) is 0. The fourth-order valence-corrected chi connectivity index (χ4v) is 4.04. The van der Waals surface area contributed by atoms with Gasteiger partial charge in [-0.05, 0) is 26.7 Å². The Hall–Kier alpha value is -1.48. The number of ether oxygens (including phenoxy) is 6. The highest BCUT2D eigenvalue weighted by atomic mass is 16.8. The van der Waals surface area contributed by atoms with E-state index in [0.717, 1.165) is 25.7 Å². The Labute approximate surface area is 158 Å². The predicted molar refractivity (Wildman–Crippen MR) is 90.4 cm³/mol. The maximum atomic E-state index is 12.3. The first-order chi connectivity index (χ1) is 12.8. The van der Waals surface area contributed by atoms with E-state index in [1.807, 2.05) is 0 Å². The molecule has 4 fully saturated rings. The molecule has 0 amide bonds. The lowest BCUT2D eigenvalue weighted by Crippen LogP contribution is -2.38. The van der Waals surface area contributed by atoms with Crippen molar-refractivity contribution in [1.82, 2.24) is 0 Å². The fraction of sp³-hybridized carbons (Fsp3) is 0.789. The minimum atomic E-state index is -1.16. The van der Waals surface area contributed by atoms with E-state index in [1.165, 1.54) is 6.42 Å². The van der Waals surface area contributed by atoms with Crippen LogP contribution in [-0.4, -0.2) is 61.1 Å². The molecule has 0 aromatic carbocycles. The zero-order chi connectivity index (χ0) is 19.2. The Bertz CT molecular complexity index is 623. The zero-order valence-corrected chi connectivity index (χ0v) is 15.7. The molecule has 27 heavy (non-hydrogen) atoms. The van der Waals surface area contributed by atoms with Gasteiger partial charge in [-0.1, -0.05) is 25.8 Å². The molecular formula is C19H26O8. The van der Waals surface area contributed by atoms with Gasteiger partial charge < -0.3 is 28.4 Å². The van der Waals surface area contributed by atoms with Crippen LogP contribution in [0.25, 0.3) is 0 Å². The number of fused-ring (bicyclic) bond motifs is 3. The lowest BCUT2D eigenvalue weighted by Gasteiger charge is -2.23. The summed E-state index contributed by atoms with van der Waals surface area (Å²) in [5.41, 5.74) is 0.170. The minimum absolute atomic E-state index is 0.0892. The van der Waals surface area contributed by atoms with E-state index in [4.69, 9.17) is 28.4 Å². The Morgan fingerprint density at radius 1 is 1.15 bits per heavy atom. The first-order valence-corrected chi connectivity index (χ1v) is 9.56. The second-order valence-electron chi connectivity index (χ2n) is 7.97. The van der Waals surface area contributed by atoms with Crippen LogP contribution in [0.2, 0.25) is 0 Å². The number of hydrogen-bond acceptors (Lipinski definition) is 8. The quantitative estimate of drug-likeness (QED) is 0.523. The molecule has 3 aliphatic heterocycles. The van der Waals surface area contributed by atoms with E-state index in [-0.39, 0.29) is 18.3 Å². The van der Waals surface area contributed by atoms with Gasteiger partial charge in [-0.2, -0.15) is 0 Å². The summed E-state index contributed by atoms with van der Waals surface area (Å²) in [5, 5.41) is 0. The van der Waals surface area contributed by atoms with Crippen molar-refractivity contribution in [3.63, 3.8) is 0 Å². The summed E-state index contributed by atoms with van der Waals surface area (Å²) in [6.45, 7) is 7.33. The zero-order valence-electron chi connectivity index (χ0n) is 15.7. The summed E-state index contributed by atoms with van der Waals surface area (Å²) < 4.78 is 33.5. The van der Waals surface area contributed by atoms with Gasteiger partial charge in [-0.25, -0.2) is 9.59 Å². The summed E-state index contributed by atoms with van der Waals surface area (Å²) in [7, 11) is 0. The van der Waals surface area contributed by atoms with Crippen molar-refractivity contribution in [2.45, 2.75) is 88.5 Å². The highest BCUT2D eigenvalue weighted by molar-refractivity contribution is 5.91. The van der Waals surface area contributed by atoms with Gasteiger partial charge in [0, 0.05) is 0 Å². The van der Waals surface area contributed by atoms with Gasteiger partial charge in [0.25, 0.3) is 0 Å². The molecule has 8 nitrogen and oxygen atoms in total. The van der Waals surface area contributed by atoms with E-state index in [0.29, 0.717) is 0 Å². The van der Waals surface area contributed by atoms with Gasteiger partial charge in [-0.3, -0.25) is 0 Å². The summed E-state index contributed by atoms with van der Waals surface area (Å²) in [4.78, 5) is 24.5. The molecule has 4 aliphatic rings. The molecule has 8 heteroatoms. The van der Waals surface area contributed by atoms with Crippen LogP contribution in [0.3, 0.4) is 0 Å². The van der Waals surface area contributed by atoms with Crippen LogP contribution in [0.15, 0.2) is 12.2 Å². The maximum absolute atomic E-state index is 12.3. The summed E-state index contributed by atoms with van der Waals surface area (Å²) >= 11 is 0. The van der Waals surface area contributed by atoms with Crippen molar-refractivity contribution in [1.29, 1.82) is 0 Å². The molecule has 1 aliphatic carbocycles. The molecule has 0 aromatic rings. The predicted octanol–water partition coefficient (Wildman–Crippen LogP) is 1.61. The van der Waals surface area contributed by atoms with Crippen molar-refractivity contribution in [2.75, 3.05) is 6.61 Å². The van der Waals surface area contributed by atoms with E-state index in [1.54, 1.807) is 13.8 Å². The maximum Gasteiger partial charge on any atom is 0.350 e. The van der Waals surface area contributed by atoms with Crippen molar-refractivity contribution in [3.05, 3.63) is 12.2 Å². The van der Waals surface area contributed by atoms with Gasteiger partial charge in [0.05, 0.1) is 18.3 Å². The number of carbonyl (C=O) groups is 2. The summed E-state index contributed by atoms with van der Waals surface area (Å²) in [6, 6.07) is 0. The smallest absolute Gasteiger partial charge is 0.350 e. The Kier molecular flexibility index (Phi) is 5.00. The summed E-state index contributed by atoms with van der Waals surface area (Å²) in [5.74, 6) is -2.14. The highest BCUT2D eigenvalue weighted by Gasteiger charge is 2.64. The van der Waals surface area contributed by atoms with Crippen molar-refractivity contribution in [3.8, 4) is 0 Å². The third-order valence-corrected chi connectivity index (χ3v) is 5.38. The SMILES string of the molecule is C=C(COC1CCCCC1)C(=O)OC1C(=O)OC2C3OC(C)(C)OC3OC12. The molecule has 1 saturated carbocycles. The molecule has 0 N–H and O–H groups in total. The van der Waals surface area contributed by atoms with Gasteiger partial charge in [0.1, 0.15) is 6.10 Å². The van der Waals surface area contributed by atoms with E-state index in [9.17, 15) is 9.59 Å². The molecule has 3 saturated heterocycles. The fourth-order valence-electron chi connectivity index (χ4n) is 4.04. The molecule has 0 radical (unpaired) electrons. The van der Waals surface area contributed by atoms with Crippen LogP contribution in [0.4, 0.5) is 0 Å². The van der Waals surface area contributed by atoms with Crippen molar-refractivity contribution < 1.29 is 38.0 Å². The second-order valence-corrected chi connectivity index (χ2v) is 7.97. The van der Waals surface area contributed by atoms with Crippen molar-refractivity contribution in [2.24, 2.45) is 0 Å². The molecule has 150 valence electrons. The lowest BCUT2D eigenvalue weighted by molar-refractivity contribution is -0.216.